The van der Waals surface area contributed by atoms with Crippen molar-refractivity contribution in [2.45, 2.75) is 51.5 Å². The van der Waals surface area contributed by atoms with Gasteiger partial charge in [0.25, 0.3) is 0 Å². The van der Waals surface area contributed by atoms with E-state index in [9.17, 15) is 17.6 Å². The highest BCUT2D eigenvalue weighted by atomic mass is 32.2. The van der Waals surface area contributed by atoms with E-state index in [1.807, 2.05) is 13.8 Å². The maximum Gasteiger partial charge on any atom is 0.240 e. The number of sulfonamides is 1. The number of likely N-dealkylation sites (tertiary alicyclic amines) is 1. The summed E-state index contributed by atoms with van der Waals surface area (Å²) in [4.78, 5) is 19.9. The lowest BCUT2D eigenvalue weighted by Gasteiger charge is -2.52. The number of thiazole rings is 1. The van der Waals surface area contributed by atoms with Crippen LogP contribution in [0, 0.1) is 11.2 Å². The summed E-state index contributed by atoms with van der Waals surface area (Å²) in [5.41, 5.74) is 0.240. The third-order valence-corrected chi connectivity index (χ3v) is 9.56. The molecule has 0 radical (unpaired) electrons. The summed E-state index contributed by atoms with van der Waals surface area (Å²) in [7, 11) is -3.27. The Labute approximate surface area is 205 Å². The zero-order valence-electron chi connectivity index (χ0n) is 20.0. The Kier molecular flexibility index (Phi) is 7.15. The fourth-order valence-electron chi connectivity index (χ4n) is 5.09. The molecule has 1 aromatic heterocycles. The lowest BCUT2D eigenvalue weighted by Crippen LogP contribution is -2.58. The van der Waals surface area contributed by atoms with Crippen molar-refractivity contribution in [2.75, 3.05) is 37.8 Å². The fraction of sp³-hybridized carbons (Fsp3) is 0.583. The number of rotatable bonds is 6. The van der Waals surface area contributed by atoms with Crippen molar-refractivity contribution >= 4 is 32.4 Å². The quantitative estimate of drug-likeness (QED) is 0.643. The van der Waals surface area contributed by atoms with Crippen LogP contribution in [-0.4, -0.2) is 66.5 Å². The zero-order chi connectivity index (χ0) is 24.6. The first kappa shape index (κ1) is 25.2. The van der Waals surface area contributed by atoms with Gasteiger partial charge in [-0.05, 0) is 69.7 Å². The Hall–Kier alpha value is -1.88. The third kappa shape index (κ3) is 5.84. The van der Waals surface area contributed by atoms with Gasteiger partial charge in [0, 0.05) is 29.6 Å². The van der Waals surface area contributed by atoms with E-state index >= 15 is 0 Å². The van der Waals surface area contributed by atoms with Crippen molar-refractivity contribution in [1.82, 2.24) is 14.2 Å². The normalized spacial score (nSPS) is 20.9. The average molecular weight is 509 g/mol. The summed E-state index contributed by atoms with van der Waals surface area (Å²) in [5, 5.41) is 3.38. The number of nitrogens with zero attached hydrogens (tertiary/aromatic N) is 3. The Morgan fingerprint density at radius 1 is 1.18 bits per heavy atom. The molecule has 1 N–H and O–H groups in total. The van der Waals surface area contributed by atoms with Crippen molar-refractivity contribution in [2.24, 2.45) is 5.41 Å². The highest BCUT2D eigenvalue weighted by molar-refractivity contribution is 7.88. The first-order chi connectivity index (χ1) is 16.0. The number of amides is 1. The molecule has 10 heteroatoms. The van der Waals surface area contributed by atoms with Gasteiger partial charge in [-0.25, -0.2) is 17.8 Å². The number of carbonyl (C=O) groups excluding carboxylic acids is 1. The molecule has 1 amide bonds. The highest BCUT2D eigenvalue weighted by Crippen LogP contribution is 2.45. The molecule has 2 aromatic rings. The van der Waals surface area contributed by atoms with Crippen LogP contribution in [0.3, 0.4) is 0 Å². The van der Waals surface area contributed by atoms with Gasteiger partial charge in [-0.2, -0.15) is 4.31 Å². The smallest absolute Gasteiger partial charge is 0.240 e. The van der Waals surface area contributed by atoms with E-state index in [-0.39, 0.29) is 29.2 Å². The maximum absolute atomic E-state index is 13.9. The van der Waals surface area contributed by atoms with E-state index in [2.05, 4.69) is 15.2 Å². The summed E-state index contributed by atoms with van der Waals surface area (Å²) in [6.07, 6.45) is 7.04. The molecule has 2 fully saturated rings. The van der Waals surface area contributed by atoms with Gasteiger partial charge in [0.15, 0.2) is 5.13 Å². The van der Waals surface area contributed by atoms with E-state index in [1.54, 1.807) is 28.7 Å². The van der Waals surface area contributed by atoms with Crippen LogP contribution in [0.25, 0.3) is 0 Å². The predicted octanol–water partition coefficient (Wildman–Crippen LogP) is 3.73. The Morgan fingerprint density at radius 2 is 1.88 bits per heavy atom. The van der Waals surface area contributed by atoms with Crippen molar-refractivity contribution in [3.05, 3.63) is 46.7 Å². The minimum absolute atomic E-state index is 0.0114. The number of nitrogens with one attached hydrogen (secondary N) is 1. The Bertz CT molecular complexity index is 1140. The molecule has 186 valence electrons. The molecule has 0 atom stereocenters. The monoisotopic (exact) mass is 508 g/mol. The predicted molar refractivity (Wildman–Crippen MR) is 133 cm³/mol. The first-order valence-corrected chi connectivity index (χ1v) is 14.3. The minimum atomic E-state index is -3.27. The van der Waals surface area contributed by atoms with Gasteiger partial charge in [0.05, 0.1) is 12.8 Å². The summed E-state index contributed by atoms with van der Waals surface area (Å²) >= 11 is 1.36. The molecule has 1 spiro atoms. The first-order valence-electron chi connectivity index (χ1n) is 11.6. The number of carbonyl (C=O) groups is 1. The van der Waals surface area contributed by atoms with E-state index in [0.29, 0.717) is 23.7 Å². The van der Waals surface area contributed by atoms with Gasteiger partial charge in [0.2, 0.25) is 15.9 Å². The number of piperidine rings is 2. The molecular weight excluding hydrogens is 475 g/mol. The molecular formula is C24H33FN4O3S2. The lowest BCUT2D eigenvalue weighted by atomic mass is 9.69. The zero-order valence-corrected chi connectivity index (χ0v) is 21.6. The van der Waals surface area contributed by atoms with Crippen LogP contribution < -0.4 is 5.32 Å². The number of halogens is 1. The van der Waals surface area contributed by atoms with Crippen LogP contribution >= 0.6 is 11.3 Å². The van der Waals surface area contributed by atoms with Gasteiger partial charge in [-0.15, -0.1) is 11.3 Å². The molecule has 0 saturated carbocycles. The molecule has 7 nitrogen and oxygen atoms in total. The SMILES string of the molecule is CC1(C)CCC2(CCN(CC(=O)Nc3ncc(Cc4ccccc4F)s3)CC2)CN1S(C)(=O)=O. The second-order valence-electron chi connectivity index (χ2n) is 10.3. The molecule has 0 bridgehead atoms. The molecule has 0 unspecified atom stereocenters. The van der Waals surface area contributed by atoms with Crippen LogP contribution in [0.5, 0.6) is 0 Å². The van der Waals surface area contributed by atoms with Crippen molar-refractivity contribution in [3.8, 4) is 0 Å². The molecule has 34 heavy (non-hydrogen) atoms. The lowest BCUT2D eigenvalue weighted by molar-refractivity contribution is -0.118. The Balaban J connectivity index is 1.28. The van der Waals surface area contributed by atoms with Gasteiger partial charge in [-0.3, -0.25) is 9.69 Å². The minimum Gasteiger partial charge on any atom is -0.301 e. The third-order valence-electron chi connectivity index (χ3n) is 7.23. The van der Waals surface area contributed by atoms with Crippen LogP contribution in [0.4, 0.5) is 9.52 Å². The highest BCUT2D eigenvalue weighted by Gasteiger charge is 2.47. The fourth-order valence-corrected chi connectivity index (χ4v) is 7.44. The molecule has 4 rings (SSSR count). The van der Waals surface area contributed by atoms with Gasteiger partial charge < -0.3 is 5.32 Å². The second-order valence-corrected chi connectivity index (χ2v) is 13.3. The number of aromatic nitrogens is 1. The van der Waals surface area contributed by atoms with Crippen molar-refractivity contribution in [1.29, 1.82) is 0 Å². The molecule has 0 aliphatic carbocycles. The van der Waals surface area contributed by atoms with E-state index in [0.717, 1.165) is 43.6 Å². The molecule has 2 aliphatic heterocycles. The summed E-state index contributed by atoms with van der Waals surface area (Å²) < 4.78 is 40.3. The van der Waals surface area contributed by atoms with Gasteiger partial charge in [-0.1, -0.05) is 18.2 Å². The van der Waals surface area contributed by atoms with Crippen LogP contribution in [0.2, 0.25) is 0 Å². The van der Waals surface area contributed by atoms with Crippen molar-refractivity contribution in [3.63, 3.8) is 0 Å². The second kappa shape index (κ2) is 9.64. The van der Waals surface area contributed by atoms with Crippen LogP contribution in [0.1, 0.15) is 50.0 Å². The summed E-state index contributed by atoms with van der Waals surface area (Å²) in [5.74, 6) is -0.365. The average Bonchev–Trinajstić information content (AvgIpc) is 3.19. The standard InChI is InChI=1S/C24H33FN4O3S2/c1-23(2)8-9-24(17-29(23)34(3,31)32)10-12-28(13-11-24)16-21(30)27-22-26-15-19(33-22)14-18-6-4-5-7-20(18)25/h4-7,15H,8-14,16-17H2,1-3H3,(H,26,27,30). The number of hydrogen-bond acceptors (Lipinski definition) is 6. The van der Waals surface area contributed by atoms with Crippen molar-refractivity contribution < 1.29 is 17.6 Å². The number of benzene rings is 1. The molecule has 2 aliphatic rings. The number of hydrogen-bond donors (Lipinski definition) is 1. The molecule has 3 heterocycles. The van der Waals surface area contributed by atoms with E-state index in [4.69, 9.17) is 0 Å². The van der Waals surface area contributed by atoms with Gasteiger partial charge >= 0.3 is 0 Å². The largest absolute Gasteiger partial charge is 0.301 e. The Morgan fingerprint density at radius 3 is 2.56 bits per heavy atom. The number of anilines is 1. The van der Waals surface area contributed by atoms with E-state index in [1.165, 1.54) is 23.7 Å². The van der Waals surface area contributed by atoms with Crippen LogP contribution in [-0.2, 0) is 21.2 Å². The van der Waals surface area contributed by atoms with Crippen LogP contribution in [0.15, 0.2) is 30.5 Å². The topological polar surface area (TPSA) is 82.6 Å². The molecule has 2 saturated heterocycles. The van der Waals surface area contributed by atoms with E-state index < -0.39 is 10.0 Å². The molecule has 1 aromatic carbocycles. The summed E-state index contributed by atoms with van der Waals surface area (Å²) in [6, 6.07) is 6.65. The van der Waals surface area contributed by atoms with Gasteiger partial charge in [0.1, 0.15) is 5.82 Å². The summed E-state index contributed by atoms with van der Waals surface area (Å²) in [6.45, 7) is 6.37. The maximum atomic E-state index is 13.9.